The maximum atomic E-state index is 11.3. The standard InChI is InChI=1S/C7H15NO2S2/c1-4-5-6-12(9,10)7(11)8(2)3/h4-6H2,1-3H3. The predicted molar refractivity (Wildman–Crippen MR) is 55.0 cm³/mol. The first-order valence-electron chi connectivity index (χ1n) is 3.86. The Balaban J connectivity index is 4.32. The molecule has 12 heavy (non-hydrogen) atoms. The molecule has 0 saturated carbocycles. The summed E-state index contributed by atoms with van der Waals surface area (Å²) in [5.41, 5.74) is 0. The molecule has 0 aliphatic heterocycles. The Hall–Kier alpha value is -0.160. The van der Waals surface area contributed by atoms with Gasteiger partial charge in [-0.05, 0) is 18.6 Å². The lowest BCUT2D eigenvalue weighted by atomic mass is 10.4. The summed E-state index contributed by atoms with van der Waals surface area (Å²) < 4.78 is 22.7. The van der Waals surface area contributed by atoms with Crippen molar-refractivity contribution in [1.82, 2.24) is 4.90 Å². The van der Waals surface area contributed by atoms with Crippen LogP contribution in [0.25, 0.3) is 0 Å². The van der Waals surface area contributed by atoms with Crippen molar-refractivity contribution in [3.8, 4) is 0 Å². The van der Waals surface area contributed by atoms with E-state index in [1.54, 1.807) is 14.1 Å². The molecule has 0 unspecified atom stereocenters. The predicted octanol–water partition coefficient (Wildman–Crippen LogP) is 1.05. The highest BCUT2D eigenvalue weighted by Crippen LogP contribution is 2.02. The van der Waals surface area contributed by atoms with Crippen molar-refractivity contribution in [3.05, 3.63) is 0 Å². The lowest BCUT2D eigenvalue weighted by molar-refractivity contribution is 0.588. The van der Waals surface area contributed by atoms with Crippen molar-refractivity contribution in [3.63, 3.8) is 0 Å². The summed E-state index contributed by atoms with van der Waals surface area (Å²) in [4.78, 5) is 1.46. The molecule has 5 heteroatoms. The molecule has 0 saturated heterocycles. The Labute approximate surface area is 79.7 Å². The average molecular weight is 209 g/mol. The molecule has 3 nitrogen and oxygen atoms in total. The number of nitrogens with zero attached hydrogens (tertiary/aromatic N) is 1. The third-order valence-electron chi connectivity index (χ3n) is 1.40. The highest BCUT2D eigenvalue weighted by Gasteiger charge is 2.18. The van der Waals surface area contributed by atoms with Crippen molar-refractivity contribution < 1.29 is 8.42 Å². The molecule has 0 radical (unpaired) electrons. The smallest absolute Gasteiger partial charge is 0.204 e. The average Bonchev–Trinajstić information content (AvgIpc) is 1.99. The van der Waals surface area contributed by atoms with Crippen molar-refractivity contribution >= 4 is 26.4 Å². The van der Waals surface area contributed by atoms with Crippen LogP contribution in [0.5, 0.6) is 0 Å². The fourth-order valence-corrected chi connectivity index (χ4v) is 2.35. The van der Waals surface area contributed by atoms with Gasteiger partial charge in [0, 0.05) is 14.1 Å². The van der Waals surface area contributed by atoms with Gasteiger partial charge in [-0.15, -0.1) is 0 Å². The Morgan fingerprint density at radius 3 is 2.25 bits per heavy atom. The van der Waals surface area contributed by atoms with Gasteiger partial charge in [0.15, 0.2) is 4.32 Å². The maximum absolute atomic E-state index is 11.3. The number of hydrogen-bond acceptors (Lipinski definition) is 3. The molecule has 0 aromatic heterocycles. The third kappa shape index (κ3) is 3.49. The van der Waals surface area contributed by atoms with Gasteiger partial charge in [0.2, 0.25) is 9.84 Å². The summed E-state index contributed by atoms with van der Waals surface area (Å²) in [6.45, 7) is 1.95. The second-order valence-electron chi connectivity index (χ2n) is 2.83. The van der Waals surface area contributed by atoms with Gasteiger partial charge in [-0.3, -0.25) is 0 Å². The first-order chi connectivity index (χ1) is 5.41. The molecule has 0 aliphatic rings. The first-order valence-corrected chi connectivity index (χ1v) is 5.92. The largest absolute Gasteiger partial charge is 0.360 e. The van der Waals surface area contributed by atoms with E-state index in [4.69, 9.17) is 12.2 Å². The second kappa shape index (κ2) is 4.77. The van der Waals surface area contributed by atoms with E-state index in [1.165, 1.54) is 4.90 Å². The van der Waals surface area contributed by atoms with Gasteiger partial charge in [-0.2, -0.15) is 0 Å². The topological polar surface area (TPSA) is 37.4 Å². The molecular weight excluding hydrogens is 194 g/mol. The van der Waals surface area contributed by atoms with E-state index in [9.17, 15) is 8.42 Å². The number of hydrogen-bond donors (Lipinski definition) is 0. The quantitative estimate of drug-likeness (QED) is 0.651. The van der Waals surface area contributed by atoms with Gasteiger partial charge >= 0.3 is 0 Å². The van der Waals surface area contributed by atoms with Gasteiger partial charge < -0.3 is 4.90 Å². The van der Waals surface area contributed by atoms with E-state index >= 15 is 0 Å². The van der Waals surface area contributed by atoms with Gasteiger partial charge in [0.1, 0.15) is 0 Å². The molecule has 0 aliphatic carbocycles. The van der Waals surface area contributed by atoms with E-state index in [1.807, 2.05) is 6.92 Å². The molecule has 0 amide bonds. The molecule has 0 aromatic rings. The molecule has 72 valence electrons. The van der Waals surface area contributed by atoms with Crippen molar-refractivity contribution in [2.45, 2.75) is 19.8 Å². The Kier molecular flexibility index (Phi) is 4.70. The van der Waals surface area contributed by atoms with E-state index in [-0.39, 0.29) is 10.1 Å². The van der Waals surface area contributed by atoms with Gasteiger partial charge in [-0.1, -0.05) is 13.3 Å². The minimum atomic E-state index is -3.16. The van der Waals surface area contributed by atoms with Crippen LogP contribution in [0.4, 0.5) is 0 Å². The van der Waals surface area contributed by atoms with Crippen LogP contribution in [0, 0.1) is 0 Å². The van der Waals surface area contributed by atoms with Crippen LogP contribution in [0.15, 0.2) is 0 Å². The lowest BCUT2D eigenvalue weighted by Crippen LogP contribution is -2.29. The van der Waals surface area contributed by atoms with Crippen LogP contribution in [0.2, 0.25) is 0 Å². The fourth-order valence-electron chi connectivity index (χ4n) is 0.700. The zero-order chi connectivity index (χ0) is 9.78. The Bertz CT molecular complexity index is 244. The van der Waals surface area contributed by atoms with E-state index < -0.39 is 9.84 Å². The van der Waals surface area contributed by atoms with Gasteiger partial charge in [-0.25, -0.2) is 8.42 Å². The van der Waals surface area contributed by atoms with Crippen LogP contribution >= 0.6 is 12.2 Å². The first kappa shape index (κ1) is 11.8. The highest BCUT2D eigenvalue weighted by atomic mass is 32.2. The third-order valence-corrected chi connectivity index (χ3v) is 4.25. The lowest BCUT2D eigenvalue weighted by Gasteiger charge is -2.13. The Morgan fingerprint density at radius 1 is 1.42 bits per heavy atom. The fraction of sp³-hybridized carbons (Fsp3) is 0.857. The molecule has 0 spiro atoms. The zero-order valence-corrected chi connectivity index (χ0v) is 9.33. The van der Waals surface area contributed by atoms with Crippen LogP contribution in [0.3, 0.4) is 0 Å². The van der Waals surface area contributed by atoms with Crippen molar-refractivity contribution in [1.29, 1.82) is 0 Å². The Morgan fingerprint density at radius 2 is 1.92 bits per heavy atom. The molecule has 0 heterocycles. The molecule has 0 bridgehead atoms. The normalized spacial score (nSPS) is 11.2. The number of sulfone groups is 1. The van der Waals surface area contributed by atoms with Crippen LogP contribution in [0.1, 0.15) is 19.8 Å². The van der Waals surface area contributed by atoms with Gasteiger partial charge in [0.05, 0.1) is 5.75 Å². The zero-order valence-electron chi connectivity index (χ0n) is 7.70. The molecule has 0 atom stereocenters. The van der Waals surface area contributed by atoms with Gasteiger partial charge in [0.25, 0.3) is 0 Å². The number of rotatable bonds is 3. The van der Waals surface area contributed by atoms with Crippen LogP contribution < -0.4 is 0 Å². The molecule has 0 N–H and O–H groups in total. The van der Waals surface area contributed by atoms with E-state index in [0.717, 1.165) is 6.42 Å². The van der Waals surface area contributed by atoms with E-state index in [0.29, 0.717) is 6.42 Å². The minimum Gasteiger partial charge on any atom is -0.360 e. The number of thiocarbonyl (C=S) groups is 1. The summed E-state index contributed by atoms with van der Waals surface area (Å²) in [5.74, 6) is 0.167. The monoisotopic (exact) mass is 209 g/mol. The van der Waals surface area contributed by atoms with Crippen LogP contribution in [-0.2, 0) is 9.84 Å². The SMILES string of the molecule is CCCCS(=O)(=O)C(=S)N(C)C. The summed E-state index contributed by atoms with van der Waals surface area (Å²) in [6.07, 6.45) is 1.55. The summed E-state index contributed by atoms with van der Waals surface area (Å²) in [7, 11) is 0.125. The molecular formula is C7H15NO2S2. The maximum Gasteiger partial charge on any atom is 0.204 e. The number of unbranched alkanes of at least 4 members (excludes halogenated alkanes) is 1. The van der Waals surface area contributed by atoms with Crippen LogP contribution in [-0.4, -0.2) is 37.5 Å². The molecule has 0 fully saturated rings. The van der Waals surface area contributed by atoms with Crippen molar-refractivity contribution in [2.75, 3.05) is 19.8 Å². The minimum absolute atomic E-state index is 0.0379. The summed E-state index contributed by atoms with van der Waals surface area (Å²) >= 11 is 4.77. The summed E-state index contributed by atoms with van der Waals surface area (Å²) in [6, 6.07) is 0. The van der Waals surface area contributed by atoms with Crippen molar-refractivity contribution in [2.24, 2.45) is 0 Å². The summed E-state index contributed by atoms with van der Waals surface area (Å²) in [5, 5.41) is 0. The highest BCUT2D eigenvalue weighted by molar-refractivity contribution is 8.17. The van der Waals surface area contributed by atoms with E-state index in [2.05, 4.69) is 0 Å². The second-order valence-corrected chi connectivity index (χ2v) is 5.50. The molecule has 0 aromatic carbocycles. The molecule has 0 rings (SSSR count).